The van der Waals surface area contributed by atoms with Crippen LogP contribution in [-0.2, 0) is 6.54 Å². The van der Waals surface area contributed by atoms with Crippen LogP contribution in [0.3, 0.4) is 0 Å². The van der Waals surface area contributed by atoms with Crippen LogP contribution in [-0.4, -0.2) is 17.4 Å². The minimum Gasteiger partial charge on any atom is -0.330 e. The summed E-state index contributed by atoms with van der Waals surface area (Å²) in [6.07, 6.45) is 1.77. The van der Waals surface area contributed by atoms with Crippen molar-refractivity contribution in [3.8, 4) is 0 Å². The molecule has 2 aromatic rings. The van der Waals surface area contributed by atoms with Crippen molar-refractivity contribution in [2.75, 3.05) is 6.54 Å². The van der Waals surface area contributed by atoms with Gasteiger partial charge in [-0.3, -0.25) is 4.79 Å². The molecule has 0 fully saturated rings. The average Bonchev–Trinajstić information content (AvgIpc) is 2.91. The van der Waals surface area contributed by atoms with Gasteiger partial charge in [-0.15, -0.1) is 17.9 Å². The summed E-state index contributed by atoms with van der Waals surface area (Å²) in [4.78, 5) is 15.6. The number of nitrogens with zero attached hydrogens (tertiary/aromatic N) is 1. The Balaban J connectivity index is 2.21. The first kappa shape index (κ1) is 14.3. The molecule has 0 bridgehead atoms. The van der Waals surface area contributed by atoms with E-state index in [4.69, 9.17) is 0 Å². The Morgan fingerprint density at radius 2 is 2.11 bits per heavy atom. The Kier molecular flexibility index (Phi) is 5.15. The van der Waals surface area contributed by atoms with Gasteiger partial charge in [0.25, 0.3) is 5.91 Å². The van der Waals surface area contributed by atoms with Crippen molar-refractivity contribution in [2.24, 2.45) is 0 Å². The van der Waals surface area contributed by atoms with E-state index in [1.807, 2.05) is 46.7 Å². The van der Waals surface area contributed by atoms with Crippen LogP contribution in [0.4, 0.5) is 0 Å². The first-order chi connectivity index (χ1) is 9.22. The molecule has 1 aromatic carbocycles. The van der Waals surface area contributed by atoms with Gasteiger partial charge in [-0.05, 0) is 46.2 Å². The molecule has 0 aliphatic heterocycles. The maximum absolute atomic E-state index is 12.6. The van der Waals surface area contributed by atoms with Crippen LogP contribution in [0.5, 0.6) is 0 Å². The first-order valence-corrected chi connectivity index (χ1v) is 7.85. The van der Waals surface area contributed by atoms with Crippen molar-refractivity contribution < 1.29 is 4.79 Å². The standard InChI is InChI=1S/C15H14INOS/c1-2-9-17(11-12-6-5-10-19-12)15(18)13-7-3-4-8-14(13)16/h2-8,10H,1,9,11H2. The quantitative estimate of drug-likeness (QED) is 0.560. The van der Waals surface area contributed by atoms with Crippen molar-refractivity contribution in [2.45, 2.75) is 6.54 Å². The lowest BCUT2D eigenvalue weighted by Gasteiger charge is -2.21. The molecule has 19 heavy (non-hydrogen) atoms. The molecule has 1 amide bonds. The molecule has 1 heterocycles. The van der Waals surface area contributed by atoms with Crippen LogP contribution in [0.1, 0.15) is 15.2 Å². The molecule has 0 N–H and O–H groups in total. The van der Waals surface area contributed by atoms with Gasteiger partial charge in [-0.25, -0.2) is 0 Å². The summed E-state index contributed by atoms with van der Waals surface area (Å²) < 4.78 is 0.977. The van der Waals surface area contributed by atoms with Crippen LogP contribution >= 0.6 is 33.9 Å². The van der Waals surface area contributed by atoms with Gasteiger partial charge >= 0.3 is 0 Å². The molecule has 0 saturated carbocycles. The molecule has 0 spiro atoms. The monoisotopic (exact) mass is 383 g/mol. The molecular formula is C15H14INOS. The van der Waals surface area contributed by atoms with E-state index in [9.17, 15) is 4.79 Å². The summed E-state index contributed by atoms with van der Waals surface area (Å²) >= 11 is 3.86. The first-order valence-electron chi connectivity index (χ1n) is 5.89. The zero-order chi connectivity index (χ0) is 13.7. The van der Waals surface area contributed by atoms with Crippen LogP contribution in [0, 0.1) is 3.57 Å². The maximum atomic E-state index is 12.6. The molecule has 0 unspecified atom stereocenters. The van der Waals surface area contributed by atoms with Crippen molar-refractivity contribution in [3.05, 3.63) is 68.4 Å². The highest BCUT2D eigenvalue weighted by atomic mass is 127. The van der Waals surface area contributed by atoms with E-state index in [0.29, 0.717) is 13.1 Å². The summed E-state index contributed by atoms with van der Waals surface area (Å²) in [5.74, 6) is 0.0540. The number of benzene rings is 1. The third kappa shape index (κ3) is 3.67. The Labute approximate surface area is 130 Å². The van der Waals surface area contributed by atoms with Crippen molar-refractivity contribution in [1.82, 2.24) is 4.90 Å². The van der Waals surface area contributed by atoms with E-state index in [1.54, 1.807) is 17.4 Å². The van der Waals surface area contributed by atoms with Gasteiger partial charge in [0.1, 0.15) is 0 Å². The lowest BCUT2D eigenvalue weighted by molar-refractivity contribution is 0.0763. The van der Waals surface area contributed by atoms with Crippen molar-refractivity contribution in [3.63, 3.8) is 0 Å². The zero-order valence-corrected chi connectivity index (χ0v) is 13.4. The molecule has 2 rings (SSSR count). The lowest BCUT2D eigenvalue weighted by atomic mass is 10.2. The summed E-state index contributed by atoms with van der Waals surface area (Å²) in [6.45, 7) is 4.93. The third-order valence-electron chi connectivity index (χ3n) is 2.67. The molecule has 0 aliphatic rings. The molecular weight excluding hydrogens is 369 g/mol. The largest absolute Gasteiger partial charge is 0.330 e. The molecule has 0 atom stereocenters. The second-order valence-corrected chi connectivity index (χ2v) is 6.23. The fraction of sp³-hybridized carbons (Fsp3) is 0.133. The second-order valence-electron chi connectivity index (χ2n) is 4.03. The smallest absolute Gasteiger partial charge is 0.255 e. The van der Waals surface area contributed by atoms with Gasteiger partial charge < -0.3 is 4.90 Å². The Hall–Kier alpha value is -1.14. The van der Waals surface area contributed by atoms with Crippen molar-refractivity contribution in [1.29, 1.82) is 0 Å². The summed E-state index contributed by atoms with van der Waals surface area (Å²) in [7, 11) is 0. The van der Waals surface area contributed by atoms with E-state index >= 15 is 0 Å². The number of halogens is 1. The van der Waals surface area contributed by atoms with E-state index in [0.717, 1.165) is 9.13 Å². The summed E-state index contributed by atoms with van der Waals surface area (Å²) in [5, 5.41) is 2.03. The molecule has 0 radical (unpaired) electrons. The predicted octanol–water partition coefficient (Wildman–Crippen LogP) is 4.18. The number of rotatable bonds is 5. The number of carbonyl (C=O) groups excluding carboxylic acids is 1. The number of thiophene rings is 1. The van der Waals surface area contributed by atoms with E-state index < -0.39 is 0 Å². The number of amides is 1. The van der Waals surface area contributed by atoms with Gasteiger partial charge in [-0.2, -0.15) is 0 Å². The van der Waals surface area contributed by atoms with Gasteiger partial charge in [0, 0.05) is 15.0 Å². The van der Waals surface area contributed by atoms with E-state index in [-0.39, 0.29) is 5.91 Å². The van der Waals surface area contributed by atoms with E-state index in [1.165, 1.54) is 4.88 Å². The summed E-state index contributed by atoms with van der Waals surface area (Å²) in [6, 6.07) is 11.7. The number of hydrogen-bond donors (Lipinski definition) is 0. The highest BCUT2D eigenvalue weighted by Gasteiger charge is 2.17. The Bertz CT molecular complexity index is 565. The van der Waals surface area contributed by atoms with Crippen LogP contribution in [0.2, 0.25) is 0 Å². The number of hydrogen-bond acceptors (Lipinski definition) is 2. The molecule has 98 valence electrons. The molecule has 4 heteroatoms. The Morgan fingerprint density at radius 1 is 1.32 bits per heavy atom. The van der Waals surface area contributed by atoms with Gasteiger partial charge in [0.2, 0.25) is 0 Å². The van der Waals surface area contributed by atoms with Crippen LogP contribution in [0.25, 0.3) is 0 Å². The Morgan fingerprint density at radius 3 is 2.74 bits per heavy atom. The molecule has 2 nitrogen and oxygen atoms in total. The van der Waals surface area contributed by atoms with Gasteiger partial charge in [0.15, 0.2) is 0 Å². The molecule has 1 aromatic heterocycles. The SMILES string of the molecule is C=CCN(Cc1cccs1)C(=O)c1ccccc1I. The van der Waals surface area contributed by atoms with E-state index in [2.05, 4.69) is 29.2 Å². The zero-order valence-electron chi connectivity index (χ0n) is 10.4. The minimum absolute atomic E-state index is 0.0540. The van der Waals surface area contributed by atoms with Crippen LogP contribution < -0.4 is 0 Å². The highest BCUT2D eigenvalue weighted by molar-refractivity contribution is 14.1. The average molecular weight is 383 g/mol. The minimum atomic E-state index is 0.0540. The normalized spacial score (nSPS) is 10.2. The van der Waals surface area contributed by atoms with Gasteiger partial charge in [-0.1, -0.05) is 24.3 Å². The fourth-order valence-electron chi connectivity index (χ4n) is 1.77. The fourth-order valence-corrected chi connectivity index (χ4v) is 3.11. The second kappa shape index (κ2) is 6.86. The number of carbonyl (C=O) groups is 1. The maximum Gasteiger partial charge on any atom is 0.255 e. The van der Waals surface area contributed by atoms with Crippen molar-refractivity contribution >= 4 is 39.8 Å². The third-order valence-corrected chi connectivity index (χ3v) is 4.47. The topological polar surface area (TPSA) is 20.3 Å². The highest BCUT2D eigenvalue weighted by Crippen LogP contribution is 2.17. The molecule has 0 aliphatic carbocycles. The predicted molar refractivity (Wildman–Crippen MR) is 88.4 cm³/mol. The summed E-state index contributed by atoms with van der Waals surface area (Å²) in [5.41, 5.74) is 0.751. The molecule has 0 saturated heterocycles. The van der Waals surface area contributed by atoms with Gasteiger partial charge in [0.05, 0.1) is 12.1 Å². The van der Waals surface area contributed by atoms with Crippen LogP contribution in [0.15, 0.2) is 54.4 Å². The lowest BCUT2D eigenvalue weighted by Crippen LogP contribution is -2.30.